The van der Waals surface area contributed by atoms with Crippen LogP contribution in [0.4, 0.5) is 0 Å². The Morgan fingerprint density at radius 1 is 0.854 bits per heavy atom. The topological polar surface area (TPSA) is 63.3 Å². The molecule has 1 radical (unpaired) electrons. The van der Waals surface area contributed by atoms with Crippen molar-refractivity contribution >= 4 is 27.5 Å². The van der Waals surface area contributed by atoms with Crippen LogP contribution >= 0.6 is 0 Å². The molecule has 0 unspecified atom stereocenters. The molecule has 2 aromatic heterocycles. The first-order chi connectivity index (χ1) is 22.2. The number of benzene rings is 3. The van der Waals surface area contributed by atoms with E-state index in [9.17, 15) is 9.90 Å². The number of carbonyl (C=O) groups excluding carboxylic acids is 1. The third kappa shape index (κ3) is 8.36. The summed E-state index contributed by atoms with van der Waals surface area (Å²) in [6.45, 7) is 20.9. The van der Waals surface area contributed by atoms with E-state index in [0.29, 0.717) is 0 Å². The van der Waals surface area contributed by atoms with Crippen LogP contribution in [0.15, 0.2) is 89.2 Å². The molecule has 48 heavy (non-hydrogen) atoms. The number of carbonyl (C=O) groups is 1. The minimum atomic E-state index is -0.337. The minimum absolute atomic E-state index is 0. The van der Waals surface area contributed by atoms with Crippen LogP contribution in [0.1, 0.15) is 99.1 Å². The van der Waals surface area contributed by atoms with Crippen LogP contribution in [0.25, 0.3) is 44.3 Å². The van der Waals surface area contributed by atoms with Gasteiger partial charge in [-0.25, -0.2) is 0 Å². The number of furan rings is 1. The molecule has 1 N–H and O–H groups in total. The Morgan fingerprint density at radius 2 is 1.46 bits per heavy atom. The number of aliphatic hydroxyl groups excluding tert-OH is 1. The Hall–Kier alpha value is -3.53. The number of ketones is 1. The van der Waals surface area contributed by atoms with Crippen LogP contribution < -0.4 is 0 Å². The van der Waals surface area contributed by atoms with Crippen molar-refractivity contribution in [3.05, 3.63) is 102 Å². The maximum Gasteiger partial charge on any atom is 0.164 e. The van der Waals surface area contributed by atoms with Crippen molar-refractivity contribution in [1.82, 2.24) is 4.98 Å². The number of pyridine rings is 1. The molecule has 5 aromatic rings. The third-order valence-electron chi connectivity index (χ3n) is 10.3. The zero-order chi connectivity index (χ0) is 34.6. The zero-order valence-corrected chi connectivity index (χ0v) is 32.8. The van der Waals surface area contributed by atoms with Crippen LogP contribution in [0, 0.1) is 23.8 Å². The molecule has 5 rings (SSSR count). The molecule has 3 aromatic carbocycles. The van der Waals surface area contributed by atoms with Gasteiger partial charge in [-0.3, -0.25) is 9.78 Å². The molecule has 0 aliphatic carbocycles. The van der Waals surface area contributed by atoms with Gasteiger partial charge in [0.1, 0.15) is 17.1 Å². The summed E-state index contributed by atoms with van der Waals surface area (Å²) in [6, 6.07) is 26.6. The molecule has 5 heteroatoms. The summed E-state index contributed by atoms with van der Waals surface area (Å²) >= 11 is 0. The van der Waals surface area contributed by atoms with Crippen molar-refractivity contribution in [1.29, 1.82) is 0 Å². The predicted molar refractivity (Wildman–Crippen MR) is 198 cm³/mol. The van der Waals surface area contributed by atoms with Crippen LogP contribution in [0.5, 0.6) is 0 Å². The van der Waals surface area contributed by atoms with Crippen LogP contribution in [0.2, 0.25) is 0 Å². The summed E-state index contributed by atoms with van der Waals surface area (Å²) < 4.78 is 6.14. The second-order valence-electron chi connectivity index (χ2n) is 14.4. The predicted octanol–water partition coefficient (Wildman–Crippen LogP) is 12.4. The largest absolute Gasteiger partial charge is 0.512 e. The third-order valence-corrected chi connectivity index (χ3v) is 10.3. The summed E-state index contributed by atoms with van der Waals surface area (Å²) in [4.78, 5) is 16.9. The first-order valence-electron chi connectivity index (χ1n) is 17.1. The summed E-state index contributed by atoms with van der Waals surface area (Å²) in [5, 5.41) is 13.6. The van der Waals surface area contributed by atoms with Gasteiger partial charge in [0.25, 0.3) is 0 Å². The number of hydrogen-bond acceptors (Lipinski definition) is 4. The number of para-hydroxylation sites is 1. The Balaban J connectivity index is 0.000000301. The maximum atomic E-state index is 12.2. The van der Waals surface area contributed by atoms with Gasteiger partial charge in [-0.05, 0) is 55.7 Å². The Labute approximate surface area is 301 Å². The number of nitrogens with zero attached hydrogens (tertiary/aromatic N) is 1. The van der Waals surface area contributed by atoms with Crippen LogP contribution in [-0.2, 0) is 30.3 Å². The van der Waals surface area contributed by atoms with E-state index in [4.69, 9.17) is 9.40 Å². The van der Waals surface area contributed by atoms with E-state index in [2.05, 4.69) is 82.3 Å². The molecular weight excluding hydrogens is 771 g/mol. The van der Waals surface area contributed by atoms with E-state index in [1.54, 1.807) is 0 Å². The maximum absolute atomic E-state index is 12.2. The molecule has 0 amide bonds. The Kier molecular flexibility index (Phi) is 12.8. The fourth-order valence-corrected chi connectivity index (χ4v) is 5.72. The van der Waals surface area contributed by atoms with Crippen molar-refractivity contribution in [2.45, 2.75) is 100 Å². The summed E-state index contributed by atoms with van der Waals surface area (Å²) in [7, 11) is 0. The van der Waals surface area contributed by atoms with Gasteiger partial charge in [0.05, 0.1) is 0 Å². The van der Waals surface area contributed by atoms with Crippen molar-refractivity contribution in [2.24, 2.45) is 10.8 Å². The minimum Gasteiger partial charge on any atom is -0.512 e. The molecule has 0 saturated heterocycles. The zero-order valence-electron chi connectivity index (χ0n) is 30.4. The second kappa shape index (κ2) is 15.8. The van der Waals surface area contributed by atoms with Gasteiger partial charge in [-0.15, -0.1) is 29.1 Å². The number of fused-ring (bicyclic) bond motifs is 2. The molecule has 257 valence electrons. The summed E-state index contributed by atoms with van der Waals surface area (Å²) in [5.41, 5.74) is 5.70. The number of allylic oxidation sites excluding steroid dienone is 2. The number of rotatable bonds is 9. The standard InChI is InChI=1S/C28H24NO.C15H28O2.Ir/c1-18-17-29-25(16-23(18)27-15-20-10-6-8-12-26(20)30-27)21-13-19-9-5-7-11-22(19)24(14-21)28(2,3)4;1-7-14(5,8-2)12(16)11-13(17)15(6,9-3)10-4;/h5-12,14-17H,1-4H3;11,16H,7-10H2,1-6H3;/q-1;;/b;12-11-;. The number of aromatic nitrogens is 1. The molecule has 4 nitrogen and oxygen atoms in total. The molecular formula is C43H52IrNO3-. The van der Waals surface area contributed by atoms with Gasteiger partial charge in [-0.1, -0.05) is 116 Å². The Bertz CT molecular complexity index is 1850. The van der Waals surface area contributed by atoms with Gasteiger partial charge < -0.3 is 9.52 Å². The van der Waals surface area contributed by atoms with E-state index >= 15 is 0 Å². The molecule has 0 fully saturated rings. The van der Waals surface area contributed by atoms with Crippen LogP contribution in [0.3, 0.4) is 0 Å². The molecule has 0 aliphatic rings. The van der Waals surface area contributed by atoms with Crippen molar-refractivity contribution in [2.75, 3.05) is 0 Å². The average molecular weight is 823 g/mol. The molecule has 0 saturated carbocycles. The molecule has 2 heterocycles. The van der Waals surface area contributed by atoms with Crippen molar-refractivity contribution in [3.63, 3.8) is 0 Å². The molecule has 0 aliphatic heterocycles. The van der Waals surface area contributed by atoms with E-state index in [0.717, 1.165) is 70.2 Å². The first-order valence-corrected chi connectivity index (χ1v) is 17.1. The molecule has 0 spiro atoms. The second-order valence-corrected chi connectivity index (χ2v) is 14.4. The van der Waals surface area contributed by atoms with E-state index in [1.807, 2.05) is 65.9 Å². The SMILES string of the molecule is CCC(C)(CC)C(=O)/C=C(\O)C(C)(CC)CC.Cc1cnc(-c2[c-]c3ccccc3c(C(C)(C)C)c2)cc1-c1cc2ccccc2o1.[Ir]. The van der Waals surface area contributed by atoms with E-state index in [1.165, 1.54) is 17.0 Å². The fraction of sp³-hybridized carbons (Fsp3) is 0.395. The van der Waals surface area contributed by atoms with Gasteiger partial charge in [0.2, 0.25) is 0 Å². The number of aliphatic hydroxyl groups is 1. The van der Waals surface area contributed by atoms with Gasteiger partial charge >= 0.3 is 0 Å². The number of hydrogen-bond donors (Lipinski definition) is 1. The van der Waals surface area contributed by atoms with E-state index < -0.39 is 0 Å². The summed E-state index contributed by atoms with van der Waals surface area (Å²) in [6.07, 6.45) is 6.68. The van der Waals surface area contributed by atoms with Crippen LogP contribution in [-0.4, -0.2) is 15.9 Å². The van der Waals surface area contributed by atoms with Gasteiger partial charge in [0, 0.05) is 59.9 Å². The Morgan fingerprint density at radius 3 is 2.06 bits per heavy atom. The van der Waals surface area contributed by atoms with Crippen molar-refractivity contribution < 1.29 is 34.4 Å². The number of aryl methyl sites for hydroxylation is 1. The molecule has 0 bridgehead atoms. The smallest absolute Gasteiger partial charge is 0.164 e. The van der Waals surface area contributed by atoms with Gasteiger partial charge in [0.15, 0.2) is 5.78 Å². The molecule has 0 atom stereocenters. The normalized spacial score (nSPS) is 12.4. The summed E-state index contributed by atoms with van der Waals surface area (Å²) in [5.74, 6) is 1.16. The average Bonchev–Trinajstić information content (AvgIpc) is 3.51. The fourth-order valence-electron chi connectivity index (χ4n) is 5.72. The monoisotopic (exact) mass is 823 g/mol. The quantitative estimate of drug-likeness (QED) is 0.0914. The van der Waals surface area contributed by atoms with E-state index in [-0.39, 0.29) is 47.9 Å². The first kappa shape index (κ1) is 38.9. The van der Waals surface area contributed by atoms with Crippen molar-refractivity contribution in [3.8, 4) is 22.6 Å². The van der Waals surface area contributed by atoms with Gasteiger partial charge in [-0.2, -0.15) is 0 Å².